The van der Waals surface area contributed by atoms with Crippen molar-refractivity contribution in [1.82, 2.24) is 34.7 Å². The number of ether oxygens (including phenoxy) is 2. The molecule has 0 amide bonds. The summed E-state index contributed by atoms with van der Waals surface area (Å²) in [5, 5.41) is 58.7. The number of carbonyl (C=O) groups is 6. The van der Waals surface area contributed by atoms with Crippen molar-refractivity contribution in [2.45, 2.75) is 136 Å². The number of rotatable bonds is 13. The maximum absolute atomic E-state index is 15.1. The second kappa shape index (κ2) is 34.2. The van der Waals surface area contributed by atoms with Crippen LogP contribution in [0.4, 0.5) is 24.8 Å². The minimum absolute atomic E-state index is 0. The zero-order chi connectivity index (χ0) is 74.4. The first-order valence-corrected chi connectivity index (χ1v) is 36.9. The summed E-state index contributed by atoms with van der Waals surface area (Å²) in [5.74, 6) is -3.10. The fraction of sp³-hybridized carbons (Fsp3) is 0.416. The third kappa shape index (κ3) is 16.6. The van der Waals surface area contributed by atoms with Crippen molar-refractivity contribution < 1.29 is 96.2 Å². The van der Waals surface area contributed by atoms with E-state index in [0.29, 0.717) is 90.3 Å². The van der Waals surface area contributed by atoms with Gasteiger partial charge in [0.25, 0.3) is 17.7 Å². The van der Waals surface area contributed by atoms with E-state index in [1.807, 2.05) is 59.0 Å². The minimum atomic E-state index is -1.31. The molecule has 15 rings (SSSR count). The van der Waals surface area contributed by atoms with Crippen LogP contribution in [-0.4, -0.2) is 162 Å². The smallest absolute Gasteiger partial charge is 0.870 e. The summed E-state index contributed by atoms with van der Waals surface area (Å²) < 4.78 is 58.3. The van der Waals surface area contributed by atoms with Gasteiger partial charge in [0.05, 0.1) is 112 Å². The molecular formula is C77H83Cl3F3ILiN9O13. The molecule has 6 aromatic carbocycles. The molecule has 0 unspecified atom stereocenters. The van der Waals surface area contributed by atoms with Gasteiger partial charge < -0.3 is 50.5 Å². The molecular weight excluding hydrogens is 1560 g/mol. The Balaban J connectivity index is 0.000000171. The van der Waals surface area contributed by atoms with Crippen LogP contribution < -0.4 is 34.0 Å². The summed E-state index contributed by atoms with van der Waals surface area (Å²) >= 11 is 21.1. The van der Waals surface area contributed by atoms with E-state index in [2.05, 4.69) is 20.6 Å². The Morgan fingerprint density at radius 3 is 1.21 bits per heavy atom. The predicted octanol–water partition coefficient (Wildman–Crippen LogP) is 11.0. The molecule has 3 aromatic heterocycles. The summed E-state index contributed by atoms with van der Waals surface area (Å²) in [6.45, 7) is 10.8. The van der Waals surface area contributed by atoms with Gasteiger partial charge in [-0.15, -0.1) is 10.2 Å². The number of β-amino-alcohol motifs (C(OH)–C–C–N with tert-alkyl or cyclic N) is 3. The van der Waals surface area contributed by atoms with Crippen molar-refractivity contribution in [3.05, 3.63) is 179 Å². The van der Waals surface area contributed by atoms with E-state index >= 15 is 4.39 Å². The van der Waals surface area contributed by atoms with Gasteiger partial charge in [-0.3, -0.25) is 28.8 Å². The molecule has 6 heterocycles. The number of piperidine rings is 3. The maximum Gasteiger partial charge on any atom is 1.00 e. The van der Waals surface area contributed by atoms with Gasteiger partial charge in [0.2, 0.25) is 0 Å². The molecule has 3 aliphatic carbocycles. The van der Waals surface area contributed by atoms with Crippen molar-refractivity contribution >= 4 is 137 Å². The molecule has 564 valence electrons. The number of fused-ring (bicyclic) bond motifs is 3. The molecule has 107 heavy (non-hydrogen) atoms. The molecule has 30 heteroatoms. The second-order valence-electron chi connectivity index (χ2n) is 27.8. The topological polar surface area (TPSA) is 304 Å². The third-order valence-electron chi connectivity index (χ3n) is 20.8. The van der Waals surface area contributed by atoms with Gasteiger partial charge in [0.15, 0.2) is 11.6 Å². The van der Waals surface area contributed by atoms with Crippen molar-refractivity contribution in [1.29, 1.82) is 0 Å². The standard InChI is InChI=1S/C26H27ClFN3O4.C24H23ClFN3O4.C17H11ClFIN2O.C9H17NO3.CH4.Li.H2O/c1-3-35-25(34)26(2)12-13-30(14-20(26)32)23-22-18(28)8-5-9-19(22)31(29-23)24(33)21-16(15-10-11-15)6-4-7-17(21)27;1-24(23(32)33)10-11-28(12-18(24)30)21-20-16(26)6-3-7-17(20)29(27-21)22(31)19-14(13-8-9-13)4-2-5-15(19)25;18-11-4-1-3-10(9-7-8-9)14(11)17(23)22-13-6-2-5-12(19)15(13)16(20)21-22;1-3-13-8(12)9(2)4-5-10-6-7(9)11;;;/h4-9,15,20,32H,3,10-14H2,1-2H3;2-7,13,18,30H,8-12H2,1H3,(H,32,33);1-6,9H,7-8H2;7,10-11H,3-6H2,1-2H3;1H4;;1H2/q;;;;;+1;/p-1/t20-,26+;18-,24+;;7-,9+;;;/m00.0.../s1. The molecule has 3 aliphatic heterocycles. The molecule has 6 fully saturated rings. The van der Waals surface area contributed by atoms with Gasteiger partial charge in [-0.25, -0.2) is 13.2 Å². The number of anilines is 2. The summed E-state index contributed by atoms with van der Waals surface area (Å²) in [6, 6.07) is 29.8. The maximum atomic E-state index is 15.1. The van der Waals surface area contributed by atoms with Crippen molar-refractivity contribution in [3.63, 3.8) is 0 Å². The first-order chi connectivity index (χ1) is 49.7. The van der Waals surface area contributed by atoms with Gasteiger partial charge in [0.1, 0.15) is 21.2 Å². The molecule has 0 bridgehead atoms. The fourth-order valence-corrected chi connectivity index (χ4v) is 15.3. The molecule has 3 saturated carbocycles. The van der Waals surface area contributed by atoms with Crippen molar-refractivity contribution in [2.75, 3.05) is 62.3 Å². The number of nitrogens with zero attached hydrogens (tertiary/aromatic N) is 8. The summed E-state index contributed by atoms with van der Waals surface area (Å²) in [5.41, 5.74) is 1.88. The average molecular weight is 1640 g/mol. The Bertz CT molecular complexity index is 4860. The summed E-state index contributed by atoms with van der Waals surface area (Å²) in [7, 11) is 0. The van der Waals surface area contributed by atoms with E-state index in [4.69, 9.17) is 44.3 Å². The second-order valence-corrected chi connectivity index (χ2v) is 30.1. The number of aromatic nitrogens is 6. The van der Waals surface area contributed by atoms with Crippen LogP contribution in [0.5, 0.6) is 0 Å². The number of hydrogen-bond donors (Lipinski definition) is 5. The van der Waals surface area contributed by atoms with Crippen LogP contribution in [0.15, 0.2) is 109 Å². The van der Waals surface area contributed by atoms with Crippen LogP contribution in [0.25, 0.3) is 32.7 Å². The molecule has 6 aliphatic rings. The first-order valence-electron chi connectivity index (χ1n) is 34.7. The van der Waals surface area contributed by atoms with Crippen LogP contribution in [0.1, 0.15) is 165 Å². The molecule has 9 aromatic rings. The van der Waals surface area contributed by atoms with Crippen LogP contribution >= 0.6 is 57.4 Å². The van der Waals surface area contributed by atoms with Gasteiger partial charge in [-0.2, -0.15) is 19.1 Å². The number of carboxylic acid groups (broad SMARTS) is 1. The number of hydrogen-bond acceptors (Lipinski definition) is 18. The summed E-state index contributed by atoms with van der Waals surface area (Å²) in [6.07, 6.45) is 4.27. The fourth-order valence-electron chi connectivity index (χ4n) is 13.8. The number of aliphatic hydroxyl groups is 3. The Morgan fingerprint density at radius 2 is 0.860 bits per heavy atom. The van der Waals surface area contributed by atoms with E-state index in [9.17, 15) is 58.0 Å². The first kappa shape index (κ1) is 83.6. The van der Waals surface area contributed by atoms with Crippen molar-refractivity contribution in [3.8, 4) is 0 Å². The third-order valence-corrected chi connectivity index (χ3v) is 22.5. The molecule has 6 atom stereocenters. The summed E-state index contributed by atoms with van der Waals surface area (Å²) in [4.78, 5) is 79.4. The van der Waals surface area contributed by atoms with E-state index in [1.54, 1.807) is 80.0 Å². The number of halogens is 7. The Kier molecular flexibility index (Phi) is 26.7. The number of carbonyl (C=O) groups excluding carboxylic acids is 5. The van der Waals surface area contributed by atoms with E-state index < -0.39 is 69.9 Å². The van der Waals surface area contributed by atoms with Crippen LogP contribution in [0, 0.1) is 37.4 Å². The van der Waals surface area contributed by atoms with Gasteiger partial charge in [-0.1, -0.05) is 96.8 Å². The number of carboxylic acids is 1. The van der Waals surface area contributed by atoms with Crippen LogP contribution in [0.3, 0.4) is 0 Å². The molecule has 6 N–H and O–H groups in total. The Morgan fingerprint density at radius 1 is 0.523 bits per heavy atom. The van der Waals surface area contributed by atoms with Gasteiger partial charge in [-0.05, 0) is 211 Å². The van der Waals surface area contributed by atoms with Gasteiger partial charge >= 0.3 is 36.8 Å². The number of aliphatic hydroxyl groups excluding tert-OH is 3. The average Bonchev–Trinajstić information content (AvgIpc) is 1.61. The monoisotopic (exact) mass is 1640 g/mol. The quantitative estimate of drug-likeness (QED) is 0.0407. The predicted molar refractivity (Wildman–Crippen MR) is 404 cm³/mol. The normalized spacial score (nSPS) is 21.7. The largest absolute Gasteiger partial charge is 1.00 e. The molecule has 0 spiro atoms. The minimum Gasteiger partial charge on any atom is -0.870 e. The number of aliphatic carboxylic acids is 1. The molecule has 0 radical (unpaired) electrons. The Hall–Kier alpha value is -7.46. The zero-order valence-corrected chi connectivity index (χ0v) is 63.5. The van der Waals surface area contributed by atoms with Gasteiger partial charge in [0, 0.05) is 32.7 Å². The van der Waals surface area contributed by atoms with Crippen LogP contribution in [0.2, 0.25) is 15.1 Å². The van der Waals surface area contributed by atoms with E-state index in [-0.39, 0.29) is 122 Å². The van der Waals surface area contributed by atoms with E-state index in [0.717, 1.165) is 66.4 Å². The zero-order valence-electron chi connectivity index (χ0n) is 59.1. The number of esters is 2. The SMILES string of the molecule is C.CCOC(=O)[C@]1(C)CCN(c2nn(C(=O)c3c(Cl)cccc3C3CC3)c3cccc(F)c23)C[C@@H]1O.CCOC(=O)[C@]1(C)CCNC[C@@H]1O.C[C@@]1(C(=O)O)CCN(c2nn(C(=O)c3c(Cl)cccc3C3CC3)c3cccc(F)c23)C[C@@H]1O.O=C(c1c(Cl)cccc1C1CC1)n1nc(I)c2c(F)cccc21.[Li+].[OH-]. The van der Waals surface area contributed by atoms with Crippen LogP contribution in [-0.2, 0) is 23.9 Å². The number of benzene rings is 6. The van der Waals surface area contributed by atoms with Crippen molar-refractivity contribution in [2.24, 2.45) is 16.2 Å². The molecule has 22 nitrogen and oxygen atoms in total. The van der Waals surface area contributed by atoms with E-state index in [1.165, 1.54) is 46.6 Å². The Labute approximate surface area is 656 Å². The molecule has 3 saturated heterocycles. The number of nitrogens with one attached hydrogen (secondary N) is 1.